The molecule has 1 heterocycles. The van der Waals surface area contributed by atoms with Gasteiger partial charge >= 0.3 is 6.09 Å². The highest BCUT2D eigenvalue weighted by Gasteiger charge is 2.35. The molecule has 6 heteroatoms. The molecule has 118 valence electrons. The lowest BCUT2D eigenvalue weighted by molar-refractivity contribution is -0.00664. The summed E-state index contributed by atoms with van der Waals surface area (Å²) in [7, 11) is -0.967. The summed E-state index contributed by atoms with van der Waals surface area (Å²) < 4.78 is 19.2. The number of carbonyl (C=O) groups is 1. The monoisotopic (exact) mass is 304 g/mol. The lowest BCUT2D eigenvalue weighted by Crippen LogP contribution is -2.50. The van der Waals surface area contributed by atoms with E-state index < -0.39 is 11.0 Å². The van der Waals surface area contributed by atoms with Gasteiger partial charge in [0.15, 0.2) is 0 Å². The van der Waals surface area contributed by atoms with Crippen molar-refractivity contribution in [3.8, 4) is 0 Å². The van der Waals surface area contributed by atoms with E-state index in [4.69, 9.17) is 4.74 Å². The van der Waals surface area contributed by atoms with Gasteiger partial charge in [-0.25, -0.2) is 13.7 Å². The van der Waals surface area contributed by atoms with Gasteiger partial charge in [-0.2, -0.15) is 0 Å². The van der Waals surface area contributed by atoms with Crippen molar-refractivity contribution in [1.29, 1.82) is 0 Å². The predicted octanol–water partition coefficient (Wildman–Crippen LogP) is 2.30. The van der Waals surface area contributed by atoms with Crippen LogP contribution in [0.1, 0.15) is 47.0 Å². The van der Waals surface area contributed by atoms with E-state index in [0.29, 0.717) is 6.54 Å². The van der Waals surface area contributed by atoms with Crippen LogP contribution in [0.15, 0.2) is 0 Å². The summed E-state index contributed by atoms with van der Waals surface area (Å²) in [5, 5.41) is 0. The number of hydrogen-bond acceptors (Lipinski definition) is 3. The fourth-order valence-corrected chi connectivity index (χ4v) is 2.64. The molecular weight excluding hydrogens is 276 g/mol. The number of cyclic esters (lactones) is 1. The second-order valence-electron chi connectivity index (χ2n) is 6.52. The number of amides is 1. The van der Waals surface area contributed by atoms with E-state index in [1.165, 1.54) is 0 Å². The SMILES string of the molecule is CC(N1CCC(CCCNS(C)=O)OC1=O)C(C)(C)C. The molecule has 0 saturated carbocycles. The first kappa shape index (κ1) is 17.4. The van der Waals surface area contributed by atoms with Crippen LogP contribution in [0.5, 0.6) is 0 Å². The van der Waals surface area contributed by atoms with Crippen molar-refractivity contribution < 1.29 is 13.7 Å². The summed E-state index contributed by atoms with van der Waals surface area (Å²) >= 11 is 0. The molecule has 0 bridgehead atoms. The molecule has 1 fully saturated rings. The summed E-state index contributed by atoms with van der Waals surface area (Å²) in [4.78, 5) is 13.9. The van der Waals surface area contributed by atoms with Crippen LogP contribution >= 0.6 is 0 Å². The Morgan fingerprint density at radius 3 is 2.65 bits per heavy atom. The molecule has 0 aromatic heterocycles. The van der Waals surface area contributed by atoms with Crippen molar-refractivity contribution in [3.63, 3.8) is 0 Å². The van der Waals surface area contributed by atoms with Gasteiger partial charge in [0.1, 0.15) is 6.10 Å². The molecule has 3 atom stereocenters. The highest BCUT2D eigenvalue weighted by atomic mass is 32.2. The largest absolute Gasteiger partial charge is 0.446 e. The third kappa shape index (κ3) is 5.40. The van der Waals surface area contributed by atoms with Gasteiger partial charge in [0.2, 0.25) is 0 Å². The van der Waals surface area contributed by atoms with Crippen LogP contribution in [0.25, 0.3) is 0 Å². The summed E-state index contributed by atoms with van der Waals surface area (Å²) in [5.41, 5.74) is 0.0565. The lowest BCUT2D eigenvalue weighted by Gasteiger charge is -2.41. The van der Waals surface area contributed by atoms with Crippen LogP contribution in [0, 0.1) is 5.41 Å². The number of nitrogens with one attached hydrogen (secondary N) is 1. The fraction of sp³-hybridized carbons (Fsp3) is 0.929. The summed E-state index contributed by atoms with van der Waals surface area (Å²) in [5.74, 6) is 0. The third-order valence-electron chi connectivity index (χ3n) is 3.92. The fourth-order valence-electron chi connectivity index (χ4n) is 2.21. The van der Waals surface area contributed by atoms with Gasteiger partial charge in [0.05, 0.1) is 11.0 Å². The molecule has 1 aliphatic rings. The smallest absolute Gasteiger partial charge is 0.410 e. The highest BCUT2D eigenvalue weighted by Crippen LogP contribution is 2.27. The molecule has 0 aromatic carbocycles. The summed E-state index contributed by atoms with van der Waals surface area (Å²) in [6.07, 6.45) is 3.99. The van der Waals surface area contributed by atoms with Crippen molar-refractivity contribution >= 4 is 17.1 Å². The van der Waals surface area contributed by atoms with Gasteiger partial charge < -0.3 is 9.64 Å². The van der Waals surface area contributed by atoms with E-state index in [1.807, 2.05) is 4.90 Å². The van der Waals surface area contributed by atoms with E-state index in [9.17, 15) is 9.00 Å². The zero-order valence-electron chi connectivity index (χ0n) is 13.3. The van der Waals surface area contributed by atoms with Gasteiger partial charge in [-0.15, -0.1) is 0 Å². The number of hydrogen-bond donors (Lipinski definition) is 1. The van der Waals surface area contributed by atoms with Crippen LogP contribution in [-0.2, 0) is 15.7 Å². The van der Waals surface area contributed by atoms with Crippen LogP contribution < -0.4 is 4.72 Å². The number of ether oxygens (including phenoxy) is 1. The zero-order chi connectivity index (χ0) is 15.3. The molecule has 0 radical (unpaired) electrons. The third-order valence-corrected chi connectivity index (χ3v) is 4.53. The van der Waals surface area contributed by atoms with Crippen molar-refractivity contribution in [2.75, 3.05) is 19.3 Å². The minimum atomic E-state index is -0.967. The molecule has 20 heavy (non-hydrogen) atoms. The number of nitrogens with zero attached hydrogens (tertiary/aromatic N) is 1. The first-order chi connectivity index (χ1) is 9.21. The Hall–Kier alpha value is -0.620. The van der Waals surface area contributed by atoms with E-state index >= 15 is 0 Å². The molecule has 1 rings (SSSR count). The molecule has 1 amide bonds. The Labute approximate surface area is 125 Å². The molecule has 5 nitrogen and oxygen atoms in total. The Kier molecular flexibility index (Phi) is 6.45. The quantitative estimate of drug-likeness (QED) is 0.766. The topological polar surface area (TPSA) is 58.6 Å². The van der Waals surface area contributed by atoms with Crippen LogP contribution in [0.2, 0.25) is 0 Å². The van der Waals surface area contributed by atoms with E-state index in [2.05, 4.69) is 32.4 Å². The van der Waals surface area contributed by atoms with Crippen molar-refractivity contribution in [2.24, 2.45) is 5.41 Å². The van der Waals surface area contributed by atoms with E-state index in [1.54, 1.807) is 6.26 Å². The first-order valence-electron chi connectivity index (χ1n) is 7.26. The Morgan fingerprint density at radius 1 is 1.50 bits per heavy atom. The van der Waals surface area contributed by atoms with Gasteiger partial charge in [-0.3, -0.25) is 0 Å². The van der Waals surface area contributed by atoms with E-state index in [-0.39, 0.29) is 23.7 Å². The van der Waals surface area contributed by atoms with Crippen LogP contribution in [-0.4, -0.2) is 46.7 Å². The maximum absolute atomic E-state index is 12.1. The van der Waals surface area contributed by atoms with Gasteiger partial charge in [0.25, 0.3) is 0 Å². The Bertz CT molecular complexity index is 355. The number of carbonyl (C=O) groups excluding carboxylic acids is 1. The molecule has 1 N–H and O–H groups in total. The predicted molar refractivity (Wildman–Crippen MR) is 81.8 cm³/mol. The second-order valence-corrected chi connectivity index (χ2v) is 7.72. The summed E-state index contributed by atoms with van der Waals surface area (Å²) in [6, 6.07) is 0.167. The highest BCUT2D eigenvalue weighted by molar-refractivity contribution is 7.82. The van der Waals surface area contributed by atoms with Gasteiger partial charge in [-0.1, -0.05) is 20.8 Å². The minimum Gasteiger partial charge on any atom is -0.446 e. The first-order valence-corrected chi connectivity index (χ1v) is 8.82. The van der Waals surface area contributed by atoms with Crippen molar-refractivity contribution in [3.05, 3.63) is 0 Å². The Morgan fingerprint density at radius 2 is 2.15 bits per heavy atom. The summed E-state index contributed by atoms with van der Waals surface area (Å²) in [6.45, 7) is 9.92. The molecule has 1 saturated heterocycles. The normalized spacial score (nSPS) is 23.4. The average molecular weight is 304 g/mol. The van der Waals surface area contributed by atoms with Gasteiger partial charge in [-0.05, 0) is 25.2 Å². The van der Waals surface area contributed by atoms with Gasteiger partial charge in [0, 0.05) is 31.8 Å². The molecule has 0 aromatic rings. The maximum Gasteiger partial charge on any atom is 0.410 e. The van der Waals surface area contributed by atoms with Crippen molar-refractivity contribution in [1.82, 2.24) is 9.62 Å². The average Bonchev–Trinajstić information content (AvgIpc) is 2.32. The number of rotatable bonds is 6. The molecule has 0 aliphatic carbocycles. The molecule has 1 aliphatic heterocycles. The Balaban J connectivity index is 2.36. The standard InChI is InChI=1S/C14H28N2O3S/c1-11(14(2,3)4)16-10-8-12(19-13(16)17)7-6-9-15-20(5)18/h11-12,15H,6-10H2,1-5H3. The minimum absolute atomic E-state index is 0.00184. The lowest BCUT2D eigenvalue weighted by atomic mass is 9.86. The molecule has 3 unspecified atom stereocenters. The van der Waals surface area contributed by atoms with E-state index in [0.717, 1.165) is 25.8 Å². The maximum atomic E-state index is 12.1. The zero-order valence-corrected chi connectivity index (χ0v) is 14.1. The van der Waals surface area contributed by atoms with Crippen LogP contribution in [0.4, 0.5) is 4.79 Å². The molecular formula is C14H28N2O3S. The van der Waals surface area contributed by atoms with Crippen molar-refractivity contribution in [2.45, 2.75) is 59.1 Å². The second kappa shape index (κ2) is 7.41. The van der Waals surface area contributed by atoms with Crippen LogP contribution in [0.3, 0.4) is 0 Å². The molecule has 0 spiro atoms.